The molecule has 1 N–H and O–H groups in total. The van der Waals surface area contributed by atoms with Crippen LogP contribution in [0.5, 0.6) is 0 Å². The second kappa shape index (κ2) is 11.1. The fraction of sp³-hybridized carbons (Fsp3) is 0.457. The van der Waals surface area contributed by atoms with E-state index in [-0.39, 0.29) is 24.3 Å². The number of fused-ring (bicyclic) bond motifs is 2. The van der Waals surface area contributed by atoms with Crippen molar-refractivity contribution >= 4 is 23.4 Å². The Labute approximate surface area is 253 Å². The molecule has 2 aromatic rings. The smallest absolute Gasteiger partial charge is 0.253 e. The van der Waals surface area contributed by atoms with Crippen LogP contribution in [0, 0.1) is 25.7 Å². The van der Waals surface area contributed by atoms with E-state index in [1.54, 1.807) is 14.7 Å². The first-order chi connectivity index (χ1) is 20.7. The molecule has 0 radical (unpaired) electrons. The molecule has 6 atom stereocenters. The molecule has 4 aliphatic rings. The average molecular weight is 584 g/mol. The summed E-state index contributed by atoms with van der Waals surface area (Å²) in [5.41, 5.74) is 1.34. The molecule has 0 bridgehead atoms. The van der Waals surface area contributed by atoms with Gasteiger partial charge in [-0.3, -0.25) is 14.4 Å². The zero-order valence-electron chi connectivity index (χ0n) is 25.4. The molecule has 4 heterocycles. The highest BCUT2D eigenvalue weighted by Gasteiger charge is 2.75. The van der Waals surface area contributed by atoms with Crippen LogP contribution < -0.4 is 4.90 Å². The lowest BCUT2D eigenvalue weighted by Gasteiger charge is -2.40. The summed E-state index contributed by atoms with van der Waals surface area (Å²) in [6, 6.07) is 14.2. The molecule has 1 spiro atoms. The molecule has 0 aliphatic carbocycles. The normalized spacial score (nSPS) is 30.7. The van der Waals surface area contributed by atoms with Gasteiger partial charge in [0, 0.05) is 25.3 Å². The number of hydrogen-bond donors (Lipinski definition) is 1. The largest absolute Gasteiger partial charge is 0.394 e. The molecule has 3 amide bonds. The number of aliphatic hydroxyl groups excluding tert-OH is 1. The highest BCUT2D eigenvalue weighted by atomic mass is 16.5. The Kier molecular flexibility index (Phi) is 7.55. The summed E-state index contributed by atoms with van der Waals surface area (Å²) in [5.74, 6) is -2.46. The van der Waals surface area contributed by atoms with E-state index in [9.17, 15) is 19.5 Å². The minimum atomic E-state index is -1.36. The van der Waals surface area contributed by atoms with Gasteiger partial charge >= 0.3 is 0 Å². The molecular weight excluding hydrogens is 542 g/mol. The van der Waals surface area contributed by atoms with E-state index in [0.29, 0.717) is 32.5 Å². The number of ether oxygens (including phenoxy) is 1. The van der Waals surface area contributed by atoms with Crippen LogP contribution in [0.2, 0.25) is 0 Å². The molecule has 1 unspecified atom stereocenters. The highest BCUT2D eigenvalue weighted by molar-refractivity contribution is 6.06. The Morgan fingerprint density at radius 2 is 1.67 bits per heavy atom. The van der Waals surface area contributed by atoms with Crippen LogP contribution >= 0.6 is 0 Å². The Balaban J connectivity index is 1.49. The predicted octanol–water partition coefficient (Wildman–Crippen LogP) is 3.94. The van der Waals surface area contributed by atoms with Crippen LogP contribution in [0.15, 0.2) is 72.8 Å². The third kappa shape index (κ3) is 4.45. The maximum atomic E-state index is 14.8. The molecule has 8 heteroatoms. The third-order valence-electron chi connectivity index (χ3n) is 9.91. The molecule has 43 heavy (non-hydrogen) atoms. The maximum Gasteiger partial charge on any atom is 0.253 e. The number of rotatable bonds is 7. The van der Waals surface area contributed by atoms with Crippen molar-refractivity contribution in [1.29, 1.82) is 0 Å². The molecule has 2 fully saturated rings. The lowest BCUT2D eigenvalue weighted by atomic mass is 9.73. The van der Waals surface area contributed by atoms with Crippen LogP contribution in [0.1, 0.15) is 43.4 Å². The Morgan fingerprint density at radius 3 is 2.37 bits per heavy atom. The van der Waals surface area contributed by atoms with Gasteiger partial charge in [-0.2, -0.15) is 0 Å². The Hall–Kier alpha value is -3.75. The van der Waals surface area contributed by atoms with Crippen molar-refractivity contribution < 1.29 is 24.2 Å². The number of hydrogen-bond acceptors (Lipinski definition) is 5. The number of nitrogens with zero attached hydrogens (tertiary/aromatic N) is 3. The van der Waals surface area contributed by atoms with Gasteiger partial charge in [-0.15, -0.1) is 0 Å². The highest BCUT2D eigenvalue weighted by Crippen LogP contribution is 2.59. The molecule has 8 nitrogen and oxygen atoms in total. The number of carbonyl (C=O) groups is 3. The lowest BCUT2D eigenvalue weighted by molar-refractivity contribution is -0.153. The zero-order chi connectivity index (χ0) is 30.5. The topological polar surface area (TPSA) is 90.4 Å². The lowest BCUT2D eigenvalue weighted by Crippen LogP contribution is -2.59. The number of carbonyl (C=O) groups excluding carboxylic acids is 3. The molecular formula is C35H41N3O5. The van der Waals surface area contributed by atoms with E-state index in [1.807, 2.05) is 101 Å². The summed E-state index contributed by atoms with van der Waals surface area (Å²) < 4.78 is 7.08. The van der Waals surface area contributed by atoms with Crippen molar-refractivity contribution in [3.05, 3.63) is 89.5 Å². The fourth-order valence-electron chi connectivity index (χ4n) is 7.73. The summed E-state index contributed by atoms with van der Waals surface area (Å²) in [6.07, 6.45) is 8.64. The van der Waals surface area contributed by atoms with Gasteiger partial charge in [0.1, 0.15) is 11.6 Å². The third-order valence-corrected chi connectivity index (χ3v) is 9.91. The van der Waals surface area contributed by atoms with E-state index in [4.69, 9.17) is 4.74 Å². The second-order valence-electron chi connectivity index (χ2n) is 12.4. The predicted molar refractivity (Wildman–Crippen MR) is 164 cm³/mol. The number of likely N-dealkylation sites (tertiary alicyclic amines) is 1. The quantitative estimate of drug-likeness (QED) is 0.499. The van der Waals surface area contributed by atoms with Gasteiger partial charge < -0.3 is 24.5 Å². The van der Waals surface area contributed by atoms with Gasteiger partial charge in [0.15, 0.2) is 0 Å². The first-order valence-corrected chi connectivity index (χ1v) is 15.4. The van der Waals surface area contributed by atoms with Gasteiger partial charge in [0.05, 0.1) is 30.1 Å². The number of benzene rings is 2. The molecule has 2 saturated heterocycles. The molecule has 2 aromatic carbocycles. The van der Waals surface area contributed by atoms with Crippen LogP contribution in [-0.4, -0.2) is 75.6 Å². The van der Waals surface area contributed by atoms with Crippen molar-refractivity contribution in [2.24, 2.45) is 11.8 Å². The molecule has 226 valence electrons. The van der Waals surface area contributed by atoms with Crippen LogP contribution in [0.4, 0.5) is 5.69 Å². The SMILES string of the molecule is CC[C@@H](CO)N1C(=O)[C@@H]2[C@@H]3C(=O)N(Cc4ccccc4)CC=C[C@]3(CC)O[C@@]23C=CCN(c2cc(C)ccc2C)C(=O)C13. The summed E-state index contributed by atoms with van der Waals surface area (Å²) >= 11 is 0. The van der Waals surface area contributed by atoms with Gasteiger partial charge in [-0.25, -0.2) is 0 Å². The summed E-state index contributed by atoms with van der Waals surface area (Å²) in [7, 11) is 0. The molecule has 4 aliphatic heterocycles. The Morgan fingerprint density at radius 1 is 0.930 bits per heavy atom. The molecule has 0 saturated carbocycles. The van der Waals surface area contributed by atoms with Crippen molar-refractivity contribution in [3.63, 3.8) is 0 Å². The van der Waals surface area contributed by atoms with E-state index >= 15 is 0 Å². The van der Waals surface area contributed by atoms with E-state index < -0.39 is 35.1 Å². The van der Waals surface area contributed by atoms with Crippen molar-refractivity contribution in [2.75, 3.05) is 24.6 Å². The summed E-state index contributed by atoms with van der Waals surface area (Å²) in [5, 5.41) is 10.4. The summed E-state index contributed by atoms with van der Waals surface area (Å²) in [4.78, 5) is 49.1. The minimum absolute atomic E-state index is 0.153. The van der Waals surface area contributed by atoms with Crippen molar-refractivity contribution in [2.45, 2.75) is 70.4 Å². The fourth-order valence-corrected chi connectivity index (χ4v) is 7.73. The van der Waals surface area contributed by atoms with Gasteiger partial charge in [-0.05, 0) is 49.4 Å². The number of amides is 3. The monoisotopic (exact) mass is 583 g/mol. The van der Waals surface area contributed by atoms with Crippen molar-refractivity contribution in [1.82, 2.24) is 9.80 Å². The second-order valence-corrected chi connectivity index (χ2v) is 12.4. The van der Waals surface area contributed by atoms with E-state index in [2.05, 4.69) is 0 Å². The van der Waals surface area contributed by atoms with E-state index in [0.717, 1.165) is 22.4 Å². The molecule has 0 aromatic heterocycles. The molecule has 6 rings (SSSR count). The van der Waals surface area contributed by atoms with Gasteiger partial charge in [-0.1, -0.05) is 80.6 Å². The number of aliphatic hydroxyl groups is 1. The van der Waals surface area contributed by atoms with Gasteiger partial charge in [0.2, 0.25) is 11.8 Å². The van der Waals surface area contributed by atoms with Gasteiger partial charge in [0.25, 0.3) is 5.91 Å². The van der Waals surface area contributed by atoms with Crippen LogP contribution in [0.25, 0.3) is 0 Å². The Bertz CT molecular complexity index is 1480. The summed E-state index contributed by atoms with van der Waals surface area (Å²) in [6.45, 7) is 8.65. The first-order valence-electron chi connectivity index (χ1n) is 15.4. The number of aryl methyl sites for hydroxylation is 2. The van der Waals surface area contributed by atoms with Crippen LogP contribution in [0.3, 0.4) is 0 Å². The van der Waals surface area contributed by atoms with Crippen LogP contribution in [-0.2, 0) is 25.7 Å². The zero-order valence-corrected chi connectivity index (χ0v) is 25.4. The standard InChI is InChI=1S/C35H41N3O5/c1-5-26(22-39)38-30-33(42)37(27-20-23(3)14-15-24(27)4)19-11-17-35(30)29(32(38)41)28-31(40)36(21-25-12-8-7-9-13-25)18-10-16-34(28,6-2)43-35/h7-17,20,26,28-30,39H,5-6,18-19,21-22H2,1-4H3/t26-,28+,29-,30?,34-,35-/m0/s1. The number of anilines is 1. The first kappa shape index (κ1) is 29.3. The average Bonchev–Trinajstić information content (AvgIpc) is 3.31. The minimum Gasteiger partial charge on any atom is -0.394 e. The van der Waals surface area contributed by atoms with E-state index in [1.165, 1.54) is 0 Å². The maximum absolute atomic E-state index is 14.8. The van der Waals surface area contributed by atoms with Crippen molar-refractivity contribution in [3.8, 4) is 0 Å².